The third-order valence-corrected chi connectivity index (χ3v) is 3.07. The Bertz CT molecular complexity index is 397. The molecule has 5 heteroatoms. The minimum Gasteiger partial charge on any atom is -0.313 e. The van der Waals surface area contributed by atoms with E-state index in [-0.39, 0.29) is 10.9 Å². The molecule has 1 aromatic rings. The van der Waals surface area contributed by atoms with Crippen molar-refractivity contribution in [2.45, 2.75) is 17.9 Å². The van der Waals surface area contributed by atoms with Crippen LogP contribution in [0.4, 0.5) is 0 Å². The summed E-state index contributed by atoms with van der Waals surface area (Å²) in [5.41, 5.74) is 1.03. The molecule has 0 bridgehead atoms. The molecular formula is C9H14N2O2S. The summed E-state index contributed by atoms with van der Waals surface area (Å²) in [5, 5.41) is 8.03. The number of benzene rings is 1. The number of rotatable bonds is 3. The first-order valence-electron chi connectivity index (χ1n) is 4.25. The normalized spacial score (nSPS) is 13.9. The summed E-state index contributed by atoms with van der Waals surface area (Å²) in [6, 6.07) is 6.73. The number of nitrogens with two attached hydrogens (primary N) is 1. The summed E-state index contributed by atoms with van der Waals surface area (Å²) < 4.78 is 21.9. The molecule has 78 valence electrons. The predicted octanol–water partition coefficient (Wildman–Crippen LogP) is 0.614. The second kappa shape index (κ2) is 4.08. The minimum atomic E-state index is -3.57. The van der Waals surface area contributed by atoms with Crippen molar-refractivity contribution in [1.82, 2.24) is 5.32 Å². The molecule has 1 atom stereocenters. The second-order valence-electron chi connectivity index (χ2n) is 3.12. The van der Waals surface area contributed by atoms with E-state index in [4.69, 9.17) is 5.14 Å². The molecule has 0 spiro atoms. The molecule has 3 N–H and O–H groups in total. The molecule has 0 aromatic heterocycles. The van der Waals surface area contributed by atoms with Crippen LogP contribution >= 0.6 is 0 Å². The van der Waals surface area contributed by atoms with Gasteiger partial charge >= 0.3 is 0 Å². The van der Waals surface area contributed by atoms with Crippen molar-refractivity contribution >= 4 is 10.0 Å². The lowest BCUT2D eigenvalue weighted by Gasteiger charge is -2.10. The Morgan fingerprint density at radius 2 is 1.79 bits per heavy atom. The van der Waals surface area contributed by atoms with Gasteiger partial charge in [-0.25, -0.2) is 13.6 Å². The Hall–Kier alpha value is -0.910. The van der Waals surface area contributed by atoms with Gasteiger partial charge in [-0.3, -0.25) is 0 Å². The van der Waals surface area contributed by atoms with Crippen LogP contribution in [-0.4, -0.2) is 15.5 Å². The van der Waals surface area contributed by atoms with E-state index in [0.717, 1.165) is 5.56 Å². The van der Waals surface area contributed by atoms with Crippen LogP contribution in [0.2, 0.25) is 0 Å². The van der Waals surface area contributed by atoms with Crippen molar-refractivity contribution in [2.24, 2.45) is 5.14 Å². The molecule has 0 saturated carbocycles. The fourth-order valence-corrected chi connectivity index (χ4v) is 1.63. The van der Waals surface area contributed by atoms with Crippen molar-refractivity contribution in [2.75, 3.05) is 7.05 Å². The Balaban J connectivity index is 3.01. The lowest BCUT2D eigenvalue weighted by atomic mass is 10.1. The summed E-state index contributed by atoms with van der Waals surface area (Å²) in [6.45, 7) is 1.99. The van der Waals surface area contributed by atoms with Crippen LogP contribution in [0.1, 0.15) is 18.5 Å². The van der Waals surface area contributed by atoms with Crippen LogP contribution in [0.5, 0.6) is 0 Å². The van der Waals surface area contributed by atoms with Gasteiger partial charge < -0.3 is 5.32 Å². The van der Waals surface area contributed by atoms with Crippen molar-refractivity contribution in [3.05, 3.63) is 29.8 Å². The quantitative estimate of drug-likeness (QED) is 0.774. The summed E-state index contributed by atoms with van der Waals surface area (Å²) in [6.07, 6.45) is 0. The molecular weight excluding hydrogens is 200 g/mol. The largest absolute Gasteiger partial charge is 0.313 e. The number of nitrogens with one attached hydrogen (secondary N) is 1. The van der Waals surface area contributed by atoms with Gasteiger partial charge in [-0.1, -0.05) is 12.1 Å². The van der Waals surface area contributed by atoms with E-state index in [9.17, 15) is 8.42 Å². The van der Waals surface area contributed by atoms with E-state index >= 15 is 0 Å². The van der Waals surface area contributed by atoms with Crippen LogP contribution in [0.25, 0.3) is 0 Å². The fourth-order valence-electron chi connectivity index (χ4n) is 1.11. The number of hydrogen-bond donors (Lipinski definition) is 2. The van der Waals surface area contributed by atoms with Gasteiger partial charge in [0.15, 0.2) is 0 Å². The smallest absolute Gasteiger partial charge is 0.238 e. The molecule has 1 rings (SSSR count). The van der Waals surface area contributed by atoms with Gasteiger partial charge in [0, 0.05) is 6.04 Å². The maximum atomic E-state index is 10.9. The van der Waals surface area contributed by atoms with E-state index in [2.05, 4.69) is 5.32 Å². The average Bonchev–Trinajstić information content (AvgIpc) is 2.15. The van der Waals surface area contributed by atoms with Crippen LogP contribution < -0.4 is 10.5 Å². The molecule has 0 aliphatic carbocycles. The van der Waals surface area contributed by atoms with Gasteiger partial charge in [0.25, 0.3) is 0 Å². The average molecular weight is 214 g/mol. The SMILES string of the molecule is CN[C@H](C)c1ccc(S(N)(=O)=O)cc1. The predicted molar refractivity (Wildman–Crippen MR) is 55.3 cm³/mol. The first-order valence-corrected chi connectivity index (χ1v) is 5.80. The Kier molecular flexibility index (Phi) is 3.25. The van der Waals surface area contributed by atoms with Crippen LogP contribution in [0, 0.1) is 0 Å². The van der Waals surface area contributed by atoms with Gasteiger partial charge in [-0.2, -0.15) is 0 Å². The third-order valence-electron chi connectivity index (χ3n) is 2.14. The zero-order chi connectivity index (χ0) is 10.8. The Morgan fingerprint density at radius 3 is 2.14 bits per heavy atom. The summed E-state index contributed by atoms with van der Waals surface area (Å²) in [4.78, 5) is 0.143. The molecule has 4 nitrogen and oxygen atoms in total. The van der Waals surface area contributed by atoms with Gasteiger partial charge in [-0.05, 0) is 31.7 Å². The van der Waals surface area contributed by atoms with E-state index in [1.807, 2.05) is 14.0 Å². The Morgan fingerprint density at radius 1 is 1.29 bits per heavy atom. The summed E-state index contributed by atoms with van der Waals surface area (Å²) in [7, 11) is -1.73. The summed E-state index contributed by atoms with van der Waals surface area (Å²) in [5.74, 6) is 0. The summed E-state index contributed by atoms with van der Waals surface area (Å²) >= 11 is 0. The highest BCUT2D eigenvalue weighted by Crippen LogP contribution is 2.14. The third kappa shape index (κ3) is 2.54. The maximum Gasteiger partial charge on any atom is 0.238 e. The zero-order valence-electron chi connectivity index (χ0n) is 8.19. The molecule has 0 fully saturated rings. The molecule has 1 aromatic carbocycles. The van der Waals surface area contributed by atoms with E-state index in [1.165, 1.54) is 12.1 Å². The zero-order valence-corrected chi connectivity index (χ0v) is 9.01. The topological polar surface area (TPSA) is 72.2 Å². The standard InChI is InChI=1S/C9H14N2O2S/c1-7(11-2)8-3-5-9(6-4-8)14(10,12)13/h3-7,11H,1-2H3,(H2,10,12,13)/t7-/m1/s1. The Labute approximate surface area is 84.2 Å². The number of primary sulfonamides is 1. The molecule has 0 radical (unpaired) electrons. The number of sulfonamides is 1. The van der Waals surface area contributed by atoms with Gasteiger partial charge in [0.05, 0.1) is 4.90 Å². The first kappa shape index (κ1) is 11.2. The van der Waals surface area contributed by atoms with Gasteiger partial charge in [-0.15, -0.1) is 0 Å². The maximum absolute atomic E-state index is 10.9. The van der Waals surface area contributed by atoms with Crippen molar-refractivity contribution in [3.63, 3.8) is 0 Å². The molecule has 0 heterocycles. The lowest BCUT2D eigenvalue weighted by Crippen LogP contribution is -2.14. The van der Waals surface area contributed by atoms with Gasteiger partial charge in [0.2, 0.25) is 10.0 Å². The van der Waals surface area contributed by atoms with Crippen LogP contribution in [0.15, 0.2) is 29.2 Å². The van der Waals surface area contributed by atoms with E-state index < -0.39 is 10.0 Å². The first-order chi connectivity index (χ1) is 6.45. The molecule has 0 aliphatic heterocycles. The van der Waals surface area contributed by atoms with E-state index in [1.54, 1.807) is 12.1 Å². The van der Waals surface area contributed by atoms with Crippen molar-refractivity contribution < 1.29 is 8.42 Å². The van der Waals surface area contributed by atoms with Crippen molar-refractivity contribution in [1.29, 1.82) is 0 Å². The monoisotopic (exact) mass is 214 g/mol. The number of hydrogen-bond acceptors (Lipinski definition) is 3. The molecule has 0 aliphatic rings. The second-order valence-corrected chi connectivity index (χ2v) is 4.69. The molecule has 0 unspecified atom stereocenters. The van der Waals surface area contributed by atoms with Gasteiger partial charge in [0.1, 0.15) is 0 Å². The molecule has 0 saturated heterocycles. The lowest BCUT2D eigenvalue weighted by molar-refractivity contribution is 0.597. The highest BCUT2D eigenvalue weighted by molar-refractivity contribution is 7.89. The molecule has 14 heavy (non-hydrogen) atoms. The van der Waals surface area contributed by atoms with Crippen LogP contribution in [0.3, 0.4) is 0 Å². The van der Waals surface area contributed by atoms with E-state index in [0.29, 0.717) is 0 Å². The highest BCUT2D eigenvalue weighted by atomic mass is 32.2. The minimum absolute atomic E-state index is 0.143. The molecule has 0 amide bonds. The van der Waals surface area contributed by atoms with Crippen molar-refractivity contribution in [3.8, 4) is 0 Å². The fraction of sp³-hybridized carbons (Fsp3) is 0.333. The van der Waals surface area contributed by atoms with Crippen LogP contribution in [-0.2, 0) is 10.0 Å². The highest BCUT2D eigenvalue weighted by Gasteiger charge is 2.08.